The van der Waals surface area contributed by atoms with Crippen molar-refractivity contribution >= 4 is 11.6 Å². The number of pyridine rings is 1. The van der Waals surface area contributed by atoms with E-state index in [0.29, 0.717) is 5.69 Å². The summed E-state index contributed by atoms with van der Waals surface area (Å²) in [6, 6.07) is 2.54. The van der Waals surface area contributed by atoms with Crippen molar-refractivity contribution in [2.75, 3.05) is 5.32 Å². The predicted octanol–water partition coefficient (Wildman–Crippen LogP) is 1.55. The Balaban J connectivity index is 2.57. The second kappa shape index (κ2) is 5.44. The summed E-state index contributed by atoms with van der Waals surface area (Å²) < 4.78 is 12.8. The van der Waals surface area contributed by atoms with E-state index in [9.17, 15) is 9.18 Å². The van der Waals surface area contributed by atoms with E-state index in [-0.39, 0.29) is 11.9 Å². The smallest absolute Gasteiger partial charge is 0.242 e. The number of halogens is 1. The van der Waals surface area contributed by atoms with Crippen molar-refractivity contribution in [2.45, 2.75) is 32.9 Å². The molecule has 0 bridgehead atoms. The maximum absolute atomic E-state index is 12.8. The van der Waals surface area contributed by atoms with Gasteiger partial charge >= 0.3 is 0 Å². The van der Waals surface area contributed by atoms with Gasteiger partial charge in [0.05, 0.1) is 0 Å². The Hall–Kier alpha value is -1.65. The molecular weight excluding hydrogens is 209 g/mol. The van der Waals surface area contributed by atoms with Crippen molar-refractivity contribution in [3.8, 4) is 0 Å². The minimum Gasteiger partial charge on any atom is -0.374 e. The van der Waals surface area contributed by atoms with E-state index >= 15 is 0 Å². The van der Waals surface area contributed by atoms with Gasteiger partial charge in [0.2, 0.25) is 11.9 Å². The molecule has 1 aromatic rings. The number of amides is 1. The van der Waals surface area contributed by atoms with Gasteiger partial charge in [-0.15, -0.1) is 0 Å². The molecule has 0 aliphatic rings. The fourth-order valence-electron chi connectivity index (χ4n) is 1.22. The highest BCUT2D eigenvalue weighted by Crippen LogP contribution is 2.08. The van der Waals surface area contributed by atoms with Crippen LogP contribution in [0.5, 0.6) is 0 Å². The normalized spacial score (nSPS) is 12.3. The van der Waals surface area contributed by atoms with Gasteiger partial charge in [0.1, 0.15) is 6.04 Å². The van der Waals surface area contributed by atoms with Crippen LogP contribution in [0.15, 0.2) is 18.3 Å². The SMILES string of the molecule is CC(C)NC(=O)C(C)Nc1ccnc(F)c1. The Labute approximate surface area is 94.3 Å². The third-order valence-corrected chi connectivity index (χ3v) is 1.93. The highest BCUT2D eigenvalue weighted by atomic mass is 19.1. The predicted molar refractivity (Wildman–Crippen MR) is 60.6 cm³/mol. The van der Waals surface area contributed by atoms with Gasteiger partial charge < -0.3 is 10.6 Å². The van der Waals surface area contributed by atoms with Crippen LogP contribution in [0, 0.1) is 5.95 Å². The molecule has 1 rings (SSSR count). The van der Waals surface area contributed by atoms with Crippen molar-refractivity contribution in [1.82, 2.24) is 10.3 Å². The number of nitrogens with one attached hydrogen (secondary N) is 2. The summed E-state index contributed by atoms with van der Waals surface area (Å²) in [5.74, 6) is -0.686. The molecule has 1 heterocycles. The van der Waals surface area contributed by atoms with E-state index in [4.69, 9.17) is 0 Å². The Morgan fingerprint density at radius 3 is 2.69 bits per heavy atom. The number of rotatable bonds is 4. The lowest BCUT2D eigenvalue weighted by atomic mass is 10.2. The number of aromatic nitrogens is 1. The Bertz CT molecular complexity index is 368. The van der Waals surface area contributed by atoms with Gasteiger partial charge in [-0.3, -0.25) is 4.79 Å². The summed E-state index contributed by atoms with van der Waals surface area (Å²) in [7, 11) is 0. The van der Waals surface area contributed by atoms with Crippen LogP contribution in [0.4, 0.5) is 10.1 Å². The van der Waals surface area contributed by atoms with Gasteiger partial charge in [0.25, 0.3) is 0 Å². The third-order valence-electron chi connectivity index (χ3n) is 1.93. The van der Waals surface area contributed by atoms with Gasteiger partial charge in [-0.05, 0) is 26.8 Å². The zero-order valence-electron chi connectivity index (χ0n) is 9.62. The largest absolute Gasteiger partial charge is 0.374 e. The summed E-state index contributed by atoms with van der Waals surface area (Å²) >= 11 is 0. The number of anilines is 1. The number of nitrogens with zero attached hydrogens (tertiary/aromatic N) is 1. The zero-order valence-corrected chi connectivity index (χ0v) is 9.62. The molecular formula is C11H16FN3O. The van der Waals surface area contributed by atoms with Crippen LogP contribution < -0.4 is 10.6 Å². The summed E-state index contributed by atoms with van der Waals surface area (Å²) in [5, 5.41) is 5.66. The second-order valence-corrected chi connectivity index (χ2v) is 3.90. The Morgan fingerprint density at radius 1 is 1.44 bits per heavy atom. The highest BCUT2D eigenvalue weighted by Gasteiger charge is 2.13. The Morgan fingerprint density at radius 2 is 2.12 bits per heavy atom. The first-order valence-corrected chi connectivity index (χ1v) is 5.17. The molecule has 16 heavy (non-hydrogen) atoms. The quantitative estimate of drug-likeness (QED) is 0.764. The van der Waals surface area contributed by atoms with Crippen LogP contribution in [0.25, 0.3) is 0 Å². The van der Waals surface area contributed by atoms with Crippen molar-refractivity contribution < 1.29 is 9.18 Å². The molecule has 0 aliphatic heterocycles. The van der Waals surface area contributed by atoms with Crippen LogP contribution in [0.3, 0.4) is 0 Å². The van der Waals surface area contributed by atoms with Crippen LogP contribution in [0.1, 0.15) is 20.8 Å². The number of hydrogen-bond donors (Lipinski definition) is 2. The lowest BCUT2D eigenvalue weighted by Crippen LogP contribution is -2.40. The van der Waals surface area contributed by atoms with E-state index in [1.807, 2.05) is 13.8 Å². The molecule has 0 fully saturated rings. The van der Waals surface area contributed by atoms with E-state index in [1.165, 1.54) is 12.3 Å². The maximum atomic E-state index is 12.8. The van der Waals surface area contributed by atoms with Crippen LogP contribution >= 0.6 is 0 Å². The maximum Gasteiger partial charge on any atom is 0.242 e. The Kier molecular flexibility index (Phi) is 4.22. The lowest BCUT2D eigenvalue weighted by molar-refractivity contribution is -0.122. The summed E-state index contributed by atoms with van der Waals surface area (Å²) in [6.07, 6.45) is 1.35. The van der Waals surface area contributed by atoms with Gasteiger partial charge in [0.15, 0.2) is 0 Å². The van der Waals surface area contributed by atoms with Crippen LogP contribution in [-0.2, 0) is 4.79 Å². The lowest BCUT2D eigenvalue weighted by Gasteiger charge is -2.16. The molecule has 88 valence electrons. The fraction of sp³-hybridized carbons (Fsp3) is 0.455. The molecule has 1 aromatic heterocycles. The summed E-state index contributed by atoms with van der Waals surface area (Å²) in [5.41, 5.74) is 0.541. The molecule has 0 saturated carbocycles. The third kappa shape index (κ3) is 3.84. The van der Waals surface area contributed by atoms with Crippen molar-refractivity contribution in [2.24, 2.45) is 0 Å². The van der Waals surface area contributed by atoms with E-state index in [1.54, 1.807) is 13.0 Å². The second-order valence-electron chi connectivity index (χ2n) is 3.90. The average Bonchev–Trinajstić information content (AvgIpc) is 2.16. The van der Waals surface area contributed by atoms with Gasteiger partial charge in [0, 0.05) is 24.0 Å². The van der Waals surface area contributed by atoms with E-state index < -0.39 is 12.0 Å². The molecule has 0 aliphatic carbocycles. The van der Waals surface area contributed by atoms with Crippen molar-refractivity contribution in [3.63, 3.8) is 0 Å². The van der Waals surface area contributed by atoms with Crippen molar-refractivity contribution in [3.05, 3.63) is 24.3 Å². The molecule has 0 saturated heterocycles. The highest BCUT2D eigenvalue weighted by molar-refractivity contribution is 5.84. The average molecular weight is 225 g/mol. The number of hydrogen-bond acceptors (Lipinski definition) is 3. The van der Waals surface area contributed by atoms with Crippen molar-refractivity contribution in [1.29, 1.82) is 0 Å². The molecule has 4 nitrogen and oxygen atoms in total. The van der Waals surface area contributed by atoms with Gasteiger partial charge in [-0.25, -0.2) is 4.98 Å². The van der Waals surface area contributed by atoms with E-state index in [0.717, 1.165) is 0 Å². The minimum atomic E-state index is -0.568. The van der Waals surface area contributed by atoms with Gasteiger partial charge in [-0.2, -0.15) is 4.39 Å². The topological polar surface area (TPSA) is 54.0 Å². The standard InChI is InChI=1S/C11H16FN3O/c1-7(2)14-11(16)8(3)15-9-4-5-13-10(12)6-9/h4-8H,1-3H3,(H,13,15)(H,14,16). The first kappa shape index (κ1) is 12.4. The number of carbonyl (C=O) groups is 1. The van der Waals surface area contributed by atoms with Crippen LogP contribution in [0.2, 0.25) is 0 Å². The molecule has 1 unspecified atom stereocenters. The molecule has 0 aromatic carbocycles. The summed E-state index contributed by atoms with van der Waals surface area (Å²) in [4.78, 5) is 15.0. The zero-order chi connectivity index (χ0) is 12.1. The minimum absolute atomic E-state index is 0.0888. The molecule has 1 amide bonds. The molecule has 5 heteroatoms. The first-order valence-electron chi connectivity index (χ1n) is 5.17. The fourth-order valence-corrected chi connectivity index (χ4v) is 1.22. The summed E-state index contributed by atoms with van der Waals surface area (Å²) in [6.45, 7) is 5.49. The van der Waals surface area contributed by atoms with E-state index in [2.05, 4.69) is 15.6 Å². The molecule has 1 atom stereocenters. The van der Waals surface area contributed by atoms with Crippen LogP contribution in [-0.4, -0.2) is 23.0 Å². The molecule has 0 radical (unpaired) electrons. The number of carbonyl (C=O) groups excluding carboxylic acids is 1. The first-order chi connectivity index (χ1) is 7.49. The molecule has 2 N–H and O–H groups in total. The van der Waals surface area contributed by atoms with Gasteiger partial charge in [-0.1, -0.05) is 0 Å². The molecule has 0 spiro atoms. The monoisotopic (exact) mass is 225 g/mol.